The highest BCUT2D eigenvalue weighted by Gasteiger charge is 2.20. The van der Waals surface area contributed by atoms with Gasteiger partial charge in [-0.2, -0.15) is 5.26 Å². The van der Waals surface area contributed by atoms with Crippen LogP contribution in [0.25, 0.3) is 6.08 Å². The fourth-order valence-corrected chi connectivity index (χ4v) is 2.89. The van der Waals surface area contributed by atoms with E-state index in [2.05, 4.69) is 0 Å². The van der Waals surface area contributed by atoms with Gasteiger partial charge in [-0.05, 0) is 24.3 Å². The zero-order chi connectivity index (χ0) is 19.3. The Morgan fingerprint density at radius 2 is 1.54 bits per heavy atom. The predicted octanol–water partition coefficient (Wildman–Crippen LogP) is 4.81. The number of nitrogens with zero attached hydrogens (tertiary/aromatic N) is 1. The van der Waals surface area contributed by atoms with Gasteiger partial charge in [0.1, 0.15) is 17.4 Å². The minimum Gasteiger partial charge on any atom is -0.496 e. The lowest BCUT2D eigenvalue weighted by atomic mass is 10.0. The summed E-state index contributed by atoms with van der Waals surface area (Å²) < 4.78 is 15.8. The van der Waals surface area contributed by atoms with Crippen molar-refractivity contribution in [3.05, 3.63) is 57.1 Å². The van der Waals surface area contributed by atoms with Crippen LogP contribution >= 0.6 is 23.2 Å². The molecular formula is C19H15Cl2NO4. The van der Waals surface area contributed by atoms with E-state index in [1.165, 1.54) is 39.5 Å². The fraction of sp³-hybridized carbons (Fsp3) is 0.158. The first kappa shape index (κ1) is 19.6. The van der Waals surface area contributed by atoms with Crippen molar-refractivity contribution in [1.82, 2.24) is 0 Å². The molecule has 0 spiro atoms. The van der Waals surface area contributed by atoms with Crippen molar-refractivity contribution in [3.63, 3.8) is 0 Å². The van der Waals surface area contributed by atoms with Crippen molar-refractivity contribution in [2.75, 3.05) is 21.3 Å². The quantitative estimate of drug-likeness (QED) is 0.401. The van der Waals surface area contributed by atoms with Crippen LogP contribution in [0.1, 0.15) is 15.9 Å². The lowest BCUT2D eigenvalue weighted by Gasteiger charge is -2.12. The Morgan fingerprint density at radius 3 is 2.04 bits per heavy atom. The highest BCUT2D eigenvalue weighted by Crippen LogP contribution is 2.36. The van der Waals surface area contributed by atoms with Crippen molar-refractivity contribution >= 4 is 35.1 Å². The van der Waals surface area contributed by atoms with Crippen molar-refractivity contribution in [1.29, 1.82) is 5.26 Å². The average molecular weight is 392 g/mol. The minimum absolute atomic E-state index is 0.0723. The summed E-state index contributed by atoms with van der Waals surface area (Å²) in [5.74, 6) is 0.717. The van der Waals surface area contributed by atoms with Gasteiger partial charge in [0, 0.05) is 11.6 Å². The molecule has 26 heavy (non-hydrogen) atoms. The number of carbonyl (C=O) groups is 1. The summed E-state index contributed by atoms with van der Waals surface area (Å²) in [5, 5.41) is 9.81. The van der Waals surface area contributed by atoms with E-state index in [1.807, 2.05) is 6.07 Å². The second-order valence-corrected chi connectivity index (χ2v) is 5.86. The molecule has 0 amide bonds. The predicted molar refractivity (Wildman–Crippen MR) is 100 cm³/mol. The smallest absolute Gasteiger partial charge is 0.206 e. The molecule has 2 aromatic rings. The largest absolute Gasteiger partial charge is 0.496 e. The third kappa shape index (κ3) is 3.93. The van der Waals surface area contributed by atoms with Crippen LogP contribution in [0.4, 0.5) is 0 Å². The molecular weight excluding hydrogens is 377 g/mol. The SMILES string of the molecule is COc1cc(OC)c(OC)cc1/C=C(/C#N)C(=O)c1c(Cl)cccc1Cl. The number of ketones is 1. The lowest BCUT2D eigenvalue weighted by molar-refractivity contribution is 0.104. The van der Waals surface area contributed by atoms with Crippen LogP contribution in [0, 0.1) is 11.3 Å². The van der Waals surface area contributed by atoms with Gasteiger partial charge in [0.05, 0.1) is 36.9 Å². The Morgan fingerprint density at radius 1 is 1.00 bits per heavy atom. The number of halogens is 2. The van der Waals surface area contributed by atoms with Crippen LogP contribution < -0.4 is 14.2 Å². The molecule has 0 N–H and O–H groups in total. The Balaban J connectivity index is 2.59. The summed E-state index contributed by atoms with van der Waals surface area (Å²) in [7, 11) is 4.45. The van der Waals surface area contributed by atoms with Gasteiger partial charge < -0.3 is 14.2 Å². The van der Waals surface area contributed by atoms with Crippen molar-refractivity contribution in [2.45, 2.75) is 0 Å². The number of benzene rings is 2. The molecule has 2 rings (SSSR count). The van der Waals surface area contributed by atoms with Crippen LogP contribution in [0.3, 0.4) is 0 Å². The van der Waals surface area contributed by atoms with E-state index in [9.17, 15) is 10.1 Å². The van der Waals surface area contributed by atoms with Crippen LogP contribution in [0.15, 0.2) is 35.9 Å². The molecule has 5 nitrogen and oxygen atoms in total. The van der Waals surface area contributed by atoms with Gasteiger partial charge in [-0.1, -0.05) is 29.3 Å². The highest BCUT2D eigenvalue weighted by molar-refractivity contribution is 6.41. The van der Waals surface area contributed by atoms with E-state index in [-0.39, 0.29) is 21.2 Å². The molecule has 0 heterocycles. The number of ether oxygens (including phenoxy) is 3. The maximum Gasteiger partial charge on any atom is 0.206 e. The van der Waals surface area contributed by atoms with E-state index in [0.717, 1.165) is 0 Å². The summed E-state index contributed by atoms with van der Waals surface area (Å²) >= 11 is 12.1. The number of Topliss-reactive ketones (excluding diaryl/α,β-unsaturated/α-hetero) is 1. The molecule has 0 fully saturated rings. The first-order valence-corrected chi connectivity index (χ1v) is 8.12. The van der Waals surface area contributed by atoms with E-state index >= 15 is 0 Å². The fourth-order valence-electron chi connectivity index (χ4n) is 2.32. The number of rotatable bonds is 6. The lowest BCUT2D eigenvalue weighted by Crippen LogP contribution is -2.04. The molecule has 0 unspecified atom stereocenters. The molecule has 134 valence electrons. The van der Waals surface area contributed by atoms with Gasteiger partial charge in [0.2, 0.25) is 5.78 Å². The monoisotopic (exact) mass is 391 g/mol. The van der Waals surface area contributed by atoms with Crippen LogP contribution in [-0.2, 0) is 0 Å². The molecule has 0 saturated heterocycles. The topological polar surface area (TPSA) is 68.6 Å². The zero-order valence-corrected chi connectivity index (χ0v) is 15.8. The molecule has 0 bridgehead atoms. The summed E-state index contributed by atoms with van der Waals surface area (Å²) in [6, 6.07) is 9.79. The van der Waals surface area contributed by atoms with Gasteiger partial charge in [0.15, 0.2) is 11.5 Å². The van der Waals surface area contributed by atoms with E-state index in [1.54, 1.807) is 18.2 Å². The first-order chi connectivity index (χ1) is 12.5. The van der Waals surface area contributed by atoms with Gasteiger partial charge in [-0.3, -0.25) is 4.79 Å². The number of carbonyl (C=O) groups excluding carboxylic acids is 1. The maximum absolute atomic E-state index is 12.7. The second kappa shape index (κ2) is 8.61. The molecule has 0 aliphatic carbocycles. The standard InChI is InChI=1S/C19H15Cl2NO4/c1-24-15-9-17(26-3)16(25-2)8-11(15)7-12(10-22)19(23)18-13(20)5-4-6-14(18)21/h4-9H,1-3H3/b12-7-. The number of hydrogen-bond donors (Lipinski definition) is 0. The van der Waals surface area contributed by atoms with Crippen molar-refractivity contribution < 1.29 is 19.0 Å². The van der Waals surface area contributed by atoms with Crippen LogP contribution in [0.2, 0.25) is 10.0 Å². The first-order valence-electron chi connectivity index (χ1n) is 7.37. The summed E-state index contributed by atoms with van der Waals surface area (Å²) in [6.45, 7) is 0. The minimum atomic E-state index is -0.583. The average Bonchev–Trinajstić information content (AvgIpc) is 2.65. The molecule has 0 aromatic heterocycles. The van der Waals surface area contributed by atoms with Crippen LogP contribution in [0.5, 0.6) is 17.2 Å². The Labute approximate surface area is 161 Å². The Bertz CT molecular complexity index is 896. The molecule has 0 radical (unpaired) electrons. The Hall–Kier alpha value is -2.68. The number of hydrogen-bond acceptors (Lipinski definition) is 5. The van der Waals surface area contributed by atoms with E-state index in [4.69, 9.17) is 37.4 Å². The third-order valence-corrected chi connectivity index (χ3v) is 4.22. The van der Waals surface area contributed by atoms with Gasteiger partial charge >= 0.3 is 0 Å². The summed E-state index contributed by atoms with van der Waals surface area (Å²) in [5.41, 5.74) is 0.395. The summed E-state index contributed by atoms with van der Waals surface area (Å²) in [6.07, 6.45) is 1.39. The van der Waals surface area contributed by atoms with Gasteiger partial charge in [-0.15, -0.1) is 0 Å². The van der Waals surface area contributed by atoms with Crippen molar-refractivity contribution in [3.8, 4) is 23.3 Å². The third-order valence-electron chi connectivity index (χ3n) is 3.59. The maximum atomic E-state index is 12.7. The number of nitriles is 1. The zero-order valence-electron chi connectivity index (χ0n) is 14.3. The van der Waals surface area contributed by atoms with E-state index < -0.39 is 5.78 Å². The molecule has 0 aliphatic heterocycles. The number of allylic oxidation sites excluding steroid dienone is 1. The van der Waals surface area contributed by atoms with Crippen LogP contribution in [-0.4, -0.2) is 27.1 Å². The highest BCUT2D eigenvalue weighted by atomic mass is 35.5. The summed E-state index contributed by atoms with van der Waals surface area (Å²) in [4.78, 5) is 12.7. The normalized spacial score (nSPS) is 10.8. The molecule has 0 atom stereocenters. The number of methoxy groups -OCH3 is 3. The van der Waals surface area contributed by atoms with E-state index in [0.29, 0.717) is 22.8 Å². The molecule has 2 aromatic carbocycles. The molecule has 7 heteroatoms. The molecule has 0 saturated carbocycles. The van der Waals surface area contributed by atoms with Gasteiger partial charge in [0.25, 0.3) is 0 Å². The second-order valence-electron chi connectivity index (χ2n) is 5.04. The Kier molecular flexibility index (Phi) is 6.51. The van der Waals surface area contributed by atoms with Gasteiger partial charge in [-0.25, -0.2) is 0 Å². The van der Waals surface area contributed by atoms with Crippen molar-refractivity contribution in [2.24, 2.45) is 0 Å². The molecule has 0 aliphatic rings.